The maximum Gasteiger partial charge on any atom is 0.213 e. The van der Waals surface area contributed by atoms with E-state index < -0.39 is 10.0 Å². The van der Waals surface area contributed by atoms with E-state index in [2.05, 4.69) is 21.6 Å². The molecular weight excluding hydrogens is 342 g/mol. The Labute approximate surface area is 150 Å². The van der Waals surface area contributed by atoms with Crippen molar-refractivity contribution in [3.63, 3.8) is 0 Å². The van der Waals surface area contributed by atoms with Crippen LogP contribution in [0.5, 0.6) is 5.75 Å². The van der Waals surface area contributed by atoms with Crippen molar-refractivity contribution in [1.29, 1.82) is 0 Å². The summed E-state index contributed by atoms with van der Waals surface area (Å²) in [6.45, 7) is 4.31. The number of likely N-dealkylation sites (N-methyl/N-ethyl adjacent to an activating group) is 1. The van der Waals surface area contributed by atoms with Gasteiger partial charge in [-0.3, -0.25) is 4.90 Å². The number of benzene rings is 1. The van der Waals surface area contributed by atoms with Crippen molar-refractivity contribution >= 4 is 10.0 Å². The van der Waals surface area contributed by atoms with Crippen LogP contribution in [0, 0.1) is 0 Å². The molecule has 142 valence electrons. The second-order valence-electron chi connectivity index (χ2n) is 6.29. The van der Waals surface area contributed by atoms with E-state index in [9.17, 15) is 8.42 Å². The third kappa shape index (κ3) is 6.23. The normalized spacial score (nSPS) is 18.2. The van der Waals surface area contributed by atoms with Crippen LogP contribution in [0.1, 0.15) is 11.6 Å². The van der Waals surface area contributed by atoms with E-state index in [-0.39, 0.29) is 18.4 Å². The summed E-state index contributed by atoms with van der Waals surface area (Å²) < 4.78 is 37.1. The molecule has 25 heavy (non-hydrogen) atoms. The standard InChI is InChI=1S/C17H29N3O4S/c1-19-8-10-20(11-9-19)17(14-18-25(21,22)13-12-23-2)15-4-6-16(24-3)7-5-15/h4-7,17-18H,8-14H2,1-3H3. The topological polar surface area (TPSA) is 71.1 Å². The average Bonchev–Trinajstić information content (AvgIpc) is 2.62. The second-order valence-corrected chi connectivity index (χ2v) is 8.21. The van der Waals surface area contributed by atoms with Crippen LogP contribution in [0.3, 0.4) is 0 Å². The van der Waals surface area contributed by atoms with Gasteiger partial charge >= 0.3 is 0 Å². The fraction of sp³-hybridized carbons (Fsp3) is 0.647. The van der Waals surface area contributed by atoms with E-state index in [0.717, 1.165) is 37.5 Å². The van der Waals surface area contributed by atoms with E-state index >= 15 is 0 Å². The predicted octanol–water partition coefficient (Wildman–Crippen LogP) is 0.550. The first-order valence-electron chi connectivity index (χ1n) is 8.48. The highest BCUT2D eigenvalue weighted by molar-refractivity contribution is 7.89. The number of sulfonamides is 1. The lowest BCUT2D eigenvalue weighted by atomic mass is 10.0. The first-order chi connectivity index (χ1) is 11.9. The highest BCUT2D eigenvalue weighted by Gasteiger charge is 2.25. The molecule has 0 radical (unpaired) electrons. The monoisotopic (exact) mass is 371 g/mol. The summed E-state index contributed by atoms with van der Waals surface area (Å²) in [5.41, 5.74) is 1.08. The van der Waals surface area contributed by atoms with Crippen molar-refractivity contribution in [3.05, 3.63) is 29.8 Å². The van der Waals surface area contributed by atoms with Crippen molar-refractivity contribution in [1.82, 2.24) is 14.5 Å². The van der Waals surface area contributed by atoms with Crippen LogP contribution in [-0.4, -0.2) is 84.6 Å². The van der Waals surface area contributed by atoms with Crippen LogP contribution >= 0.6 is 0 Å². The SMILES string of the molecule is COCCS(=O)(=O)NCC(c1ccc(OC)cc1)N1CCN(C)CC1. The minimum Gasteiger partial charge on any atom is -0.497 e. The number of nitrogens with one attached hydrogen (secondary N) is 1. The largest absolute Gasteiger partial charge is 0.497 e. The molecule has 0 spiro atoms. The summed E-state index contributed by atoms with van der Waals surface area (Å²) in [4.78, 5) is 4.62. The molecule has 1 heterocycles. The van der Waals surface area contributed by atoms with Crippen molar-refractivity contribution in [2.75, 3.05) is 66.4 Å². The van der Waals surface area contributed by atoms with Gasteiger partial charge in [0.05, 0.1) is 19.5 Å². The first kappa shape index (κ1) is 20.1. The van der Waals surface area contributed by atoms with Crippen LogP contribution in [-0.2, 0) is 14.8 Å². The highest BCUT2D eigenvalue weighted by atomic mass is 32.2. The Bertz CT molecular complexity index is 613. The Morgan fingerprint density at radius 3 is 2.32 bits per heavy atom. The van der Waals surface area contributed by atoms with E-state index in [1.165, 1.54) is 7.11 Å². The maximum absolute atomic E-state index is 12.1. The Hall–Kier alpha value is -1.19. The molecule has 0 bridgehead atoms. The quantitative estimate of drug-likeness (QED) is 0.684. The third-order valence-electron chi connectivity index (χ3n) is 4.53. The van der Waals surface area contributed by atoms with E-state index in [0.29, 0.717) is 6.54 Å². The third-order valence-corrected chi connectivity index (χ3v) is 5.84. The number of ether oxygens (including phenoxy) is 2. The molecule has 1 saturated heterocycles. The van der Waals surface area contributed by atoms with E-state index in [4.69, 9.17) is 9.47 Å². The zero-order chi connectivity index (χ0) is 18.3. The van der Waals surface area contributed by atoms with E-state index in [1.54, 1.807) is 7.11 Å². The molecule has 1 aliphatic heterocycles. The molecule has 1 unspecified atom stereocenters. The molecule has 7 nitrogen and oxygen atoms in total. The van der Waals surface area contributed by atoms with Gasteiger partial charge in [0, 0.05) is 45.9 Å². The van der Waals surface area contributed by atoms with Gasteiger partial charge in [-0.05, 0) is 24.7 Å². The number of piperazine rings is 1. The Morgan fingerprint density at radius 1 is 1.12 bits per heavy atom. The van der Waals surface area contributed by atoms with Crippen LogP contribution in [0.4, 0.5) is 0 Å². The molecule has 0 aliphatic carbocycles. The van der Waals surface area contributed by atoms with Crippen molar-refractivity contribution in [2.24, 2.45) is 0 Å². The van der Waals surface area contributed by atoms with Gasteiger partial charge in [-0.1, -0.05) is 12.1 Å². The summed E-state index contributed by atoms with van der Waals surface area (Å²) in [5.74, 6) is 0.767. The number of methoxy groups -OCH3 is 2. The van der Waals surface area contributed by atoms with Crippen LogP contribution in [0.15, 0.2) is 24.3 Å². The summed E-state index contributed by atoms with van der Waals surface area (Å²) in [7, 11) is 1.89. The summed E-state index contributed by atoms with van der Waals surface area (Å²) >= 11 is 0. The second kappa shape index (κ2) is 9.49. The molecule has 1 aliphatic rings. The first-order valence-corrected chi connectivity index (χ1v) is 10.1. The van der Waals surface area contributed by atoms with Crippen molar-refractivity contribution in [2.45, 2.75) is 6.04 Å². The predicted molar refractivity (Wildman–Crippen MR) is 98.5 cm³/mol. The summed E-state index contributed by atoms with van der Waals surface area (Å²) in [6.07, 6.45) is 0. The minimum atomic E-state index is -3.35. The molecule has 1 atom stereocenters. The lowest BCUT2D eigenvalue weighted by molar-refractivity contribution is 0.113. The number of hydrogen-bond donors (Lipinski definition) is 1. The molecule has 8 heteroatoms. The number of nitrogens with zero attached hydrogens (tertiary/aromatic N) is 2. The van der Waals surface area contributed by atoms with Gasteiger partial charge in [0.25, 0.3) is 0 Å². The molecule has 0 saturated carbocycles. The Morgan fingerprint density at radius 2 is 1.76 bits per heavy atom. The Balaban J connectivity index is 2.11. The number of rotatable bonds is 9. The molecule has 1 N–H and O–H groups in total. The molecule has 0 aromatic heterocycles. The van der Waals surface area contributed by atoms with Gasteiger partial charge < -0.3 is 14.4 Å². The van der Waals surface area contributed by atoms with Gasteiger partial charge in [0.2, 0.25) is 10.0 Å². The van der Waals surface area contributed by atoms with E-state index in [1.807, 2.05) is 24.3 Å². The molecular formula is C17H29N3O4S. The summed E-state index contributed by atoms with van der Waals surface area (Å²) in [6, 6.07) is 7.84. The molecule has 0 amide bonds. The van der Waals surface area contributed by atoms with Crippen molar-refractivity contribution < 1.29 is 17.9 Å². The van der Waals surface area contributed by atoms with Crippen LogP contribution in [0.25, 0.3) is 0 Å². The molecule has 1 aromatic carbocycles. The maximum atomic E-state index is 12.1. The fourth-order valence-corrected chi connectivity index (χ4v) is 3.83. The van der Waals surface area contributed by atoms with Gasteiger partial charge in [0.15, 0.2) is 0 Å². The van der Waals surface area contributed by atoms with Crippen LogP contribution in [0.2, 0.25) is 0 Å². The zero-order valence-electron chi connectivity index (χ0n) is 15.3. The highest BCUT2D eigenvalue weighted by Crippen LogP contribution is 2.24. The molecule has 2 rings (SSSR count). The lowest BCUT2D eigenvalue weighted by Crippen LogP contribution is -2.48. The van der Waals surface area contributed by atoms with Crippen LogP contribution < -0.4 is 9.46 Å². The minimum absolute atomic E-state index is 0.00285. The molecule has 1 fully saturated rings. The lowest BCUT2D eigenvalue weighted by Gasteiger charge is -2.38. The Kier molecular flexibility index (Phi) is 7.64. The van der Waals surface area contributed by atoms with Gasteiger partial charge in [-0.25, -0.2) is 13.1 Å². The van der Waals surface area contributed by atoms with Gasteiger partial charge in [-0.2, -0.15) is 0 Å². The number of hydrogen-bond acceptors (Lipinski definition) is 6. The van der Waals surface area contributed by atoms with Gasteiger partial charge in [-0.15, -0.1) is 0 Å². The van der Waals surface area contributed by atoms with Crippen molar-refractivity contribution in [3.8, 4) is 5.75 Å². The average molecular weight is 372 g/mol. The zero-order valence-corrected chi connectivity index (χ0v) is 16.1. The molecule has 1 aromatic rings. The van der Waals surface area contributed by atoms with Gasteiger partial charge in [0.1, 0.15) is 5.75 Å². The summed E-state index contributed by atoms with van der Waals surface area (Å²) in [5, 5.41) is 0. The fourth-order valence-electron chi connectivity index (χ4n) is 2.89. The smallest absolute Gasteiger partial charge is 0.213 e.